The second-order valence-corrected chi connectivity index (χ2v) is 5.31. The lowest BCUT2D eigenvalue weighted by molar-refractivity contribution is -0.139. The second kappa shape index (κ2) is 6.95. The second-order valence-electron chi connectivity index (χ2n) is 4.39. The third kappa shape index (κ3) is 4.33. The van der Waals surface area contributed by atoms with Crippen LogP contribution in [0.5, 0.6) is 5.88 Å². The Morgan fingerprint density at radius 2 is 2.09 bits per heavy atom. The number of nitrogens with zero attached hydrogens (tertiary/aromatic N) is 2. The van der Waals surface area contributed by atoms with Crippen LogP contribution in [0.15, 0.2) is 34.9 Å². The SMILES string of the molecule is CCCOc1nc(Nc2cccc(Br)c2)ncc1C(F)(F)F. The zero-order valence-corrected chi connectivity index (χ0v) is 13.2. The van der Waals surface area contributed by atoms with Crippen LogP contribution < -0.4 is 10.1 Å². The highest BCUT2D eigenvalue weighted by Crippen LogP contribution is 2.35. The van der Waals surface area contributed by atoms with Crippen LogP contribution in [0.1, 0.15) is 18.9 Å². The Labute approximate surface area is 133 Å². The molecule has 22 heavy (non-hydrogen) atoms. The Balaban J connectivity index is 2.29. The van der Waals surface area contributed by atoms with Gasteiger partial charge in [-0.25, -0.2) is 4.98 Å². The van der Waals surface area contributed by atoms with E-state index in [-0.39, 0.29) is 12.6 Å². The smallest absolute Gasteiger partial charge is 0.423 e. The van der Waals surface area contributed by atoms with Gasteiger partial charge in [0.25, 0.3) is 0 Å². The van der Waals surface area contributed by atoms with Crippen LogP contribution in [0, 0.1) is 0 Å². The van der Waals surface area contributed by atoms with E-state index in [9.17, 15) is 13.2 Å². The Kier molecular flexibility index (Phi) is 5.23. The van der Waals surface area contributed by atoms with E-state index < -0.39 is 17.6 Å². The maximum absolute atomic E-state index is 12.9. The molecule has 0 saturated heterocycles. The molecule has 0 atom stereocenters. The molecule has 1 aromatic heterocycles. The molecular weight excluding hydrogens is 363 g/mol. The molecular formula is C14H13BrF3N3O. The van der Waals surface area contributed by atoms with Gasteiger partial charge in [0.2, 0.25) is 11.8 Å². The Bertz CT molecular complexity index is 649. The fourth-order valence-corrected chi connectivity index (χ4v) is 2.02. The van der Waals surface area contributed by atoms with Crippen molar-refractivity contribution in [3.63, 3.8) is 0 Å². The lowest BCUT2D eigenvalue weighted by atomic mass is 10.3. The molecule has 1 aromatic carbocycles. The molecule has 4 nitrogen and oxygen atoms in total. The first-order valence-corrected chi connectivity index (χ1v) is 7.29. The first-order chi connectivity index (χ1) is 10.4. The maximum Gasteiger partial charge on any atom is 0.423 e. The van der Waals surface area contributed by atoms with E-state index >= 15 is 0 Å². The molecule has 2 aromatic rings. The standard InChI is InChI=1S/C14H13BrF3N3O/c1-2-6-22-12-11(14(16,17)18)8-19-13(21-12)20-10-5-3-4-9(15)7-10/h3-5,7-8H,2,6H2,1H3,(H,19,20,21). The van der Waals surface area contributed by atoms with Gasteiger partial charge in [-0.2, -0.15) is 18.2 Å². The zero-order chi connectivity index (χ0) is 16.2. The quantitative estimate of drug-likeness (QED) is 0.815. The number of alkyl halides is 3. The van der Waals surface area contributed by atoms with E-state index in [0.29, 0.717) is 12.1 Å². The van der Waals surface area contributed by atoms with Crippen LogP contribution in [0.4, 0.5) is 24.8 Å². The third-order valence-electron chi connectivity index (χ3n) is 2.58. The highest BCUT2D eigenvalue weighted by molar-refractivity contribution is 9.10. The normalized spacial score (nSPS) is 11.3. The molecule has 1 N–H and O–H groups in total. The average molecular weight is 376 g/mol. The molecule has 118 valence electrons. The number of hydrogen-bond donors (Lipinski definition) is 1. The van der Waals surface area contributed by atoms with Gasteiger partial charge >= 0.3 is 6.18 Å². The third-order valence-corrected chi connectivity index (χ3v) is 3.08. The van der Waals surface area contributed by atoms with E-state index in [1.807, 2.05) is 6.07 Å². The molecule has 0 bridgehead atoms. The molecule has 0 unspecified atom stereocenters. The maximum atomic E-state index is 12.9. The van der Waals surface area contributed by atoms with Gasteiger partial charge in [0.05, 0.1) is 6.61 Å². The number of anilines is 2. The summed E-state index contributed by atoms with van der Waals surface area (Å²) in [7, 11) is 0. The molecule has 8 heteroatoms. The van der Waals surface area contributed by atoms with Gasteiger partial charge in [0.1, 0.15) is 5.56 Å². The van der Waals surface area contributed by atoms with Crippen molar-refractivity contribution in [1.82, 2.24) is 9.97 Å². The van der Waals surface area contributed by atoms with E-state index in [4.69, 9.17) is 4.74 Å². The summed E-state index contributed by atoms with van der Waals surface area (Å²) >= 11 is 3.31. The molecule has 0 amide bonds. The number of hydrogen-bond acceptors (Lipinski definition) is 4. The van der Waals surface area contributed by atoms with E-state index in [0.717, 1.165) is 10.7 Å². The monoisotopic (exact) mass is 375 g/mol. The molecule has 0 aliphatic rings. The fraction of sp³-hybridized carbons (Fsp3) is 0.286. The number of benzene rings is 1. The van der Waals surface area contributed by atoms with Crippen molar-refractivity contribution in [3.05, 3.63) is 40.5 Å². The summed E-state index contributed by atoms with van der Waals surface area (Å²) in [5, 5.41) is 2.84. The summed E-state index contributed by atoms with van der Waals surface area (Å²) in [6.45, 7) is 1.95. The molecule has 2 rings (SSSR count). The Morgan fingerprint density at radius 3 is 2.73 bits per heavy atom. The summed E-state index contributed by atoms with van der Waals surface area (Å²) in [6.07, 6.45) is -3.26. The van der Waals surface area contributed by atoms with Crippen molar-refractivity contribution in [2.24, 2.45) is 0 Å². The zero-order valence-electron chi connectivity index (χ0n) is 11.6. The van der Waals surface area contributed by atoms with Crippen molar-refractivity contribution >= 4 is 27.6 Å². The van der Waals surface area contributed by atoms with Gasteiger partial charge < -0.3 is 10.1 Å². The molecule has 0 radical (unpaired) electrons. The lowest BCUT2D eigenvalue weighted by Gasteiger charge is -2.13. The lowest BCUT2D eigenvalue weighted by Crippen LogP contribution is -2.12. The predicted molar refractivity (Wildman–Crippen MR) is 80.2 cm³/mol. The van der Waals surface area contributed by atoms with Crippen LogP contribution in [0.3, 0.4) is 0 Å². The first kappa shape index (κ1) is 16.5. The summed E-state index contributed by atoms with van der Waals surface area (Å²) in [5.41, 5.74) is -0.337. The molecule has 0 fully saturated rings. The van der Waals surface area contributed by atoms with Gasteiger partial charge in [-0.15, -0.1) is 0 Å². The van der Waals surface area contributed by atoms with E-state index in [1.165, 1.54) is 0 Å². The van der Waals surface area contributed by atoms with Gasteiger partial charge in [-0.05, 0) is 24.6 Å². The number of rotatable bonds is 5. The average Bonchev–Trinajstić information content (AvgIpc) is 2.44. The summed E-state index contributed by atoms with van der Waals surface area (Å²) in [6, 6.07) is 7.12. The topological polar surface area (TPSA) is 47.0 Å². The van der Waals surface area contributed by atoms with E-state index in [1.54, 1.807) is 25.1 Å². The molecule has 0 spiro atoms. The molecule has 1 heterocycles. The Hall–Kier alpha value is -1.83. The minimum Gasteiger partial charge on any atom is -0.477 e. The van der Waals surface area contributed by atoms with Crippen molar-refractivity contribution in [2.45, 2.75) is 19.5 Å². The van der Waals surface area contributed by atoms with Crippen LogP contribution in [0.2, 0.25) is 0 Å². The largest absolute Gasteiger partial charge is 0.477 e. The van der Waals surface area contributed by atoms with Gasteiger partial charge in [-0.1, -0.05) is 28.9 Å². The highest BCUT2D eigenvalue weighted by Gasteiger charge is 2.36. The minimum absolute atomic E-state index is 0.0391. The van der Waals surface area contributed by atoms with E-state index in [2.05, 4.69) is 31.2 Å². The predicted octanol–water partition coefficient (Wildman–Crippen LogP) is 4.79. The van der Waals surface area contributed by atoms with Crippen LogP contribution in [-0.2, 0) is 6.18 Å². The van der Waals surface area contributed by atoms with Gasteiger partial charge in [0, 0.05) is 16.4 Å². The van der Waals surface area contributed by atoms with Crippen LogP contribution in [-0.4, -0.2) is 16.6 Å². The number of halogens is 4. The van der Waals surface area contributed by atoms with Crippen molar-refractivity contribution in [2.75, 3.05) is 11.9 Å². The van der Waals surface area contributed by atoms with Gasteiger partial charge in [0.15, 0.2) is 0 Å². The van der Waals surface area contributed by atoms with Crippen LogP contribution >= 0.6 is 15.9 Å². The van der Waals surface area contributed by atoms with Crippen molar-refractivity contribution in [1.29, 1.82) is 0 Å². The number of ether oxygens (including phenoxy) is 1. The van der Waals surface area contributed by atoms with Crippen molar-refractivity contribution < 1.29 is 17.9 Å². The molecule has 0 aliphatic heterocycles. The molecule has 0 saturated carbocycles. The summed E-state index contributed by atoms with van der Waals surface area (Å²) < 4.78 is 44.6. The van der Waals surface area contributed by atoms with Crippen molar-refractivity contribution in [3.8, 4) is 5.88 Å². The summed E-state index contributed by atoms with van der Waals surface area (Å²) in [5.74, 6) is -0.431. The number of aromatic nitrogens is 2. The summed E-state index contributed by atoms with van der Waals surface area (Å²) in [4.78, 5) is 7.52. The Morgan fingerprint density at radius 1 is 1.32 bits per heavy atom. The highest BCUT2D eigenvalue weighted by atomic mass is 79.9. The fourth-order valence-electron chi connectivity index (χ4n) is 1.62. The number of nitrogens with one attached hydrogen (secondary N) is 1. The van der Waals surface area contributed by atoms with Gasteiger partial charge in [-0.3, -0.25) is 0 Å². The van der Waals surface area contributed by atoms with Crippen LogP contribution in [0.25, 0.3) is 0 Å². The minimum atomic E-state index is -4.56. The molecule has 0 aliphatic carbocycles. The first-order valence-electron chi connectivity index (χ1n) is 6.49.